The van der Waals surface area contributed by atoms with Crippen molar-refractivity contribution in [2.75, 3.05) is 18.5 Å². The molecular formula is C21H26N2O5. The molecule has 7 heteroatoms. The van der Waals surface area contributed by atoms with Crippen LogP contribution in [0.25, 0.3) is 0 Å². The molecule has 7 nitrogen and oxygen atoms in total. The van der Waals surface area contributed by atoms with Crippen molar-refractivity contribution in [1.82, 2.24) is 4.90 Å². The Labute approximate surface area is 164 Å². The lowest BCUT2D eigenvalue weighted by Crippen LogP contribution is -2.45. The van der Waals surface area contributed by atoms with E-state index in [4.69, 9.17) is 9.15 Å². The summed E-state index contributed by atoms with van der Waals surface area (Å²) in [5.74, 6) is -1.38. The topological polar surface area (TPSA) is 88.9 Å². The average Bonchev–Trinajstić information content (AvgIpc) is 3.22. The highest BCUT2D eigenvalue weighted by atomic mass is 16.5. The van der Waals surface area contributed by atoms with Gasteiger partial charge in [0, 0.05) is 11.7 Å². The van der Waals surface area contributed by atoms with Crippen molar-refractivity contribution in [2.24, 2.45) is 0 Å². The molecule has 0 saturated heterocycles. The standard InChI is InChI=1S/C21H26N2O5/c1-5-15(3)23(20(25)13-28-21(26)17-9-10-27-12-17)11-19(24)22-18-8-6-7-14(2)16(18)4/h6-10,12,15H,5,11,13H2,1-4H3,(H,22,24)/t15-/m1/s1. The Kier molecular flexibility index (Phi) is 7.37. The summed E-state index contributed by atoms with van der Waals surface area (Å²) in [5, 5.41) is 2.85. The number of ether oxygens (including phenoxy) is 1. The van der Waals surface area contributed by atoms with Gasteiger partial charge >= 0.3 is 5.97 Å². The maximum atomic E-state index is 12.6. The van der Waals surface area contributed by atoms with E-state index in [1.54, 1.807) is 0 Å². The van der Waals surface area contributed by atoms with Crippen LogP contribution in [0.15, 0.2) is 41.2 Å². The molecule has 0 saturated carbocycles. The molecule has 1 aromatic heterocycles. The van der Waals surface area contributed by atoms with Crippen molar-refractivity contribution in [3.8, 4) is 0 Å². The van der Waals surface area contributed by atoms with Crippen molar-refractivity contribution >= 4 is 23.5 Å². The predicted octanol–water partition coefficient (Wildman–Crippen LogP) is 3.32. The molecule has 0 aliphatic carbocycles. The van der Waals surface area contributed by atoms with E-state index in [0.29, 0.717) is 12.1 Å². The number of amides is 2. The molecular weight excluding hydrogens is 360 g/mol. The first-order valence-corrected chi connectivity index (χ1v) is 9.18. The van der Waals surface area contributed by atoms with Crippen LogP contribution in [-0.2, 0) is 14.3 Å². The Balaban J connectivity index is 1.99. The number of nitrogens with one attached hydrogen (secondary N) is 1. The maximum absolute atomic E-state index is 12.6. The van der Waals surface area contributed by atoms with Crippen LogP contribution in [-0.4, -0.2) is 41.9 Å². The van der Waals surface area contributed by atoms with E-state index >= 15 is 0 Å². The second-order valence-electron chi connectivity index (χ2n) is 6.66. The third-order valence-electron chi connectivity index (χ3n) is 4.72. The summed E-state index contributed by atoms with van der Waals surface area (Å²) in [6, 6.07) is 6.93. The third kappa shape index (κ3) is 5.45. The summed E-state index contributed by atoms with van der Waals surface area (Å²) in [4.78, 5) is 38.4. The van der Waals surface area contributed by atoms with Crippen molar-refractivity contribution < 1.29 is 23.5 Å². The first-order valence-electron chi connectivity index (χ1n) is 9.18. The molecule has 1 atom stereocenters. The van der Waals surface area contributed by atoms with Crippen molar-refractivity contribution in [1.29, 1.82) is 0 Å². The summed E-state index contributed by atoms with van der Waals surface area (Å²) in [7, 11) is 0. The van der Waals surface area contributed by atoms with Crippen molar-refractivity contribution in [3.63, 3.8) is 0 Å². The number of carbonyl (C=O) groups is 3. The minimum absolute atomic E-state index is 0.121. The van der Waals surface area contributed by atoms with E-state index in [2.05, 4.69) is 5.32 Å². The molecule has 0 fully saturated rings. The number of rotatable bonds is 8. The van der Waals surface area contributed by atoms with Crippen molar-refractivity contribution in [3.05, 3.63) is 53.5 Å². The first-order chi connectivity index (χ1) is 13.3. The Hall–Kier alpha value is -3.09. The van der Waals surface area contributed by atoms with E-state index in [0.717, 1.165) is 11.1 Å². The lowest BCUT2D eigenvalue weighted by Gasteiger charge is -2.28. The Morgan fingerprint density at radius 2 is 1.96 bits per heavy atom. The van der Waals surface area contributed by atoms with Gasteiger partial charge < -0.3 is 19.4 Å². The van der Waals surface area contributed by atoms with E-state index < -0.39 is 18.5 Å². The monoisotopic (exact) mass is 386 g/mol. The molecule has 0 spiro atoms. The fourth-order valence-corrected chi connectivity index (χ4v) is 2.62. The summed E-state index contributed by atoms with van der Waals surface area (Å²) >= 11 is 0. The second-order valence-corrected chi connectivity index (χ2v) is 6.66. The quantitative estimate of drug-likeness (QED) is 0.703. The number of hydrogen-bond donors (Lipinski definition) is 1. The third-order valence-corrected chi connectivity index (χ3v) is 4.72. The molecule has 2 amide bonds. The fraction of sp³-hybridized carbons (Fsp3) is 0.381. The molecule has 150 valence electrons. The number of carbonyl (C=O) groups excluding carboxylic acids is 3. The number of benzene rings is 1. The molecule has 0 aliphatic rings. The molecule has 0 aliphatic heterocycles. The lowest BCUT2D eigenvalue weighted by molar-refractivity contribution is -0.139. The van der Waals surface area contributed by atoms with E-state index in [9.17, 15) is 14.4 Å². The van der Waals surface area contributed by atoms with Crippen LogP contribution in [0, 0.1) is 13.8 Å². The fourth-order valence-electron chi connectivity index (χ4n) is 2.62. The SMILES string of the molecule is CC[C@@H](C)N(CC(=O)Nc1cccc(C)c1C)C(=O)COC(=O)c1ccoc1. The average molecular weight is 386 g/mol. The summed E-state index contributed by atoms with van der Waals surface area (Å²) in [5.41, 5.74) is 2.99. The zero-order valence-electron chi connectivity index (χ0n) is 16.7. The van der Waals surface area contributed by atoms with Gasteiger partial charge in [0.25, 0.3) is 5.91 Å². The van der Waals surface area contributed by atoms with Crippen LogP contribution in [0.3, 0.4) is 0 Å². The molecule has 28 heavy (non-hydrogen) atoms. The number of nitrogens with zero attached hydrogens (tertiary/aromatic N) is 1. The highest BCUT2D eigenvalue weighted by Gasteiger charge is 2.23. The Bertz CT molecular complexity index is 829. The van der Waals surface area contributed by atoms with Gasteiger partial charge in [-0.05, 0) is 50.5 Å². The summed E-state index contributed by atoms with van der Waals surface area (Å²) < 4.78 is 9.86. The number of furan rings is 1. The van der Waals surface area contributed by atoms with Gasteiger partial charge in [0.1, 0.15) is 12.8 Å². The van der Waals surface area contributed by atoms with Gasteiger partial charge in [0.2, 0.25) is 5.91 Å². The molecule has 1 aromatic carbocycles. The minimum atomic E-state index is -0.647. The molecule has 1 heterocycles. The van der Waals surface area contributed by atoms with Crippen LogP contribution >= 0.6 is 0 Å². The van der Waals surface area contributed by atoms with Gasteiger partial charge in [-0.15, -0.1) is 0 Å². The van der Waals surface area contributed by atoms with Crippen LogP contribution in [0.1, 0.15) is 41.8 Å². The first kappa shape index (κ1) is 21.2. The van der Waals surface area contributed by atoms with Crippen LogP contribution < -0.4 is 5.32 Å². The van der Waals surface area contributed by atoms with E-state index in [-0.39, 0.29) is 24.1 Å². The molecule has 2 rings (SSSR count). The van der Waals surface area contributed by atoms with Gasteiger partial charge in [0.05, 0.1) is 11.8 Å². The van der Waals surface area contributed by atoms with Crippen LogP contribution in [0.4, 0.5) is 5.69 Å². The molecule has 0 radical (unpaired) electrons. The molecule has 0 unspecified atom stereocenters. The van der Waals surface area contributed by atoms with Gasteiger partial charge in [-0.3, -0.25) is 9.59 Å². The number of aryl methyl sites for hydroxylation is 1. The maximum Gasteiger partial charge on any atom is 0.341 e. The molecule has 2 aromatic rings. The Morgan fingerprint density at radius 3 is 2.61 bits per heavy atom. The van der Waals surface area contributed by atoms with Gasteiger partial charge in [-0.2, -0.15) is 0 Å². The Morgan fingerprint density at radius 1 is 1.21 bits per heavy atom. The predicted molar refractivity (Wildman–Crippen MR) is 105 cm³/mol. The smallest absolute Gasteiger partial charge is 0.341 e. The zero-order valence-corrected chi connectivity index (χ0v) is 16.7. The zero-order chi connectivity index (χ0) is 20.7. The normalized spacial score (nSPS) is 11.6. The number of esters is 1. The van der Waals surface area contributed by atoms with Crippen LogP contribution in [0.2, 0.25) is 0 Å². The van der Waals surface area contributed by atoms with E-state index in [1.165, 1.54) is 23.5 Å². The second kappa shape index (κ2) is 9.73. The molecule has 0 bridgehead atoms. The minimum Gasteiger partial charge on any atom is -0.472 e. The highest BCUT2D eigenvalue weighted by Crippen LogP contribution is 2.18. The van der Waals surface area contributed by atoms with Gasteiger partial charge in [-0.25, -0.2) is 4.79 Å². The van der Waals surface area contributed by atoms with Gasteiger partial charge in [0.15, 0.2) is 6.61 Å². The largest absolute Gasteiger partial charge is 0.472 e. The summed E-state index contributed by atoms with van der Waals surface area (Å²) in [6.07, 6.45) is 3.26. The number of hydrogen-bond acceptors (Lipinski definition) is 5. The van der Waals surface area contributed by atoms with E-state index in [1.807, 2.05) is 45.9 Å². The van der Waals surface area contributed by atoms with Gasteiger partial charge in [-0.1, -0.05) is 19.1 Å². The van der Waals surface area contributed by atoms with Crippen molar-refractivity contribution in [2.45, 2.75) is 40.2 Å². The molecule has 1 N–H and O–H groups in total. The lowest BCUT2D eigenvalue weighted by atomic mass is 10.1. The van der Waals surface area contributed by atoms with Crippen LogP contribution in [0.5, 0.6) is 0 Å². The highest BCUT2D eigenvalue weighted by molar-refractivity contribution is 5.96. The number of anilines is 1. The summed E-state index contributed by atoms with van der Waals surface area (Å²) in [6.45, 7) is 7.10.